The molecule has 0 heterocycles. The highest BCUT2D eigenvalue weighted by Crippen LogP contribution is 2.29. The number of hydrogen-bond acceptors (Lipinski definition) is 4. The summed E-state index contributed by atoms with van der Waals surface area (Å²) in [6, 6.07) is 6.71. The molecule has 1 aromatic rings. The van der Waals surface area contributed by atoms with E-state index < -0.39 is 10.1 Å². The Bertz CT molecular complexity index is 545. The molecule has 0 N–H and O–H groups in total. The van der Waals surface area contributed by atoms with Crippen molar-refractivity contribution in [1.29, 1.82) is 0 Å². The Kier molecular flexibility index (Phi) is 6.41. The molecule has 124 valence electrons. The first kappa shape index (κ1) is 17.4. The van der Waals surface area contributed by atoms with Gasteiger partial charge in [-0.15, -0.1) is 0 Å². The minimum absolute atomic E-state index is 0.223. The molecule has 0 bridgehead atoms. The Morgan fingerprint density at radius 1 is 1.05 bits per heavy atom. The molecular formula is C17H26O4S. The molecule has 0 spiro atoms. The summed E-state index contributed by atoms with van der Waals surface area (Å²) in [4.78, 5) is 0.223. The van der Waals surface area contributed by atoms with Gasteiger partial charge in [0.25, 0.3) is 10.1 Å². The molecule has 0 atom stereocenters. The third-order valence-electron chi connectivity index (χ3n) is 4.02. The number of unbranched alkanes of at least 4 members (excludes halogenated alkanes) is 2. The molecule has 0 aliphatic heterocycles. The average molecular weight is 326 g/mol. The van der Waals surface area contributed by atoms with E-state index >= 15 is 0 Å². The van der Waals surface area contributed by atoms with Crippen LogP contribution in [0.4, 0.5) is 0 Å². The molecule has 0 radical (unpaired) electrons. The second-order valence-electron chi connectivity index (χ2n) is 6.22. The van der Waals surface area contributed by atoms with Crippen LogP contribution in [0.15, 0.2) is 29.2 Å². The fourth-order valence-electron chi connectivity index (χ4n) is 2.54. The number of hydrogen-bond donors (Lipinski definition) is 0. The highest BCUT2D eigenvalue weighted by atomic mass is 32.2. The zero-order chi connectivity index (χ0) is 16.0. The monoisotopic (exact) mass is 326 g/mol. The quantitative estimate of drug-likeness (QED) is 0.513. The summed E-state index contributed by atoms with van der Waals surface area (Å²) in [5, 5.41) is 0. The standard InChI is InChI=1S/C17H26O4S/c1-14-6-8-17(9-7-14)22(18,19)21-11-5-3-4-10-20-16-12-15(2)13-16/h6-9,15-16H,3-5,10-13H2,1-2H3/t15-,16-. The Morgan fingerprint density at radius 2 is 1.68 bits per heavy atom. The van der Waals surface area contributed by atoms with Gasteiger partial charge in [-0.2, -0.15) is 8.42 Å². The van der Waals surface area contributed by atoms with Gasteiger partial charge in [0.2, 0.25) is 0 Å². The molecule has 1 saturated carbocycles. The first-order valence-electron chi connectivity index (χ1n) is 8.05. The van der Waals surface area contributed by atoms with Crippen molar-refractivity contribution in [2.24, 2.45) is 5.92 Å². The topological polar surface area (TPSA) is 52.6 Å². The van der Waals surface area contributed by atoms with Crippen LogP contribution in [0.25, 0.3) is 0 Å². The lowest BCUT2D eigenvalue weighted by molar-refractivity contribution is -0.0267. The van der Waals surface area contributed by atoms with E-state index in [-0.39, 0.29) is 11.5 Å². The van der Waals surface area contributed by atoms with Crippen molar-refractivity contribution in [3.63, 3.8) is 0 Å². The Balaban J connectivity index is 1.56. The maximum atomic E-state index is 12.0. The molecular weight excluding hydrogens is 300 g/mol. The number of rotatable bonds is 9. The lowest BCUT2D eigenvalue weighted by atomic mass is 9.84. The second kappa shape index (κ2) is 8.09. The van der Waals surface area contributed by atoms with Gasteiger partial charge in [0.15, 0.2) is 0 Å². The van der Waals surface area contributed by atoms with Crippen LogP contribution in [0.5, 0.6) is 0 Å². The number of aryl methyl sites for hydroxylation is 1. The number of benzene rings is 1. The van der Waals surface area contributed by atoms with Gasteiger partial charge >= 0.3 is 0 Å². The van der Waals surface area contributed by atoms with Gasteiger partial charge in [0.1, 0.15) is 0 Å². The lowest BCUT2D eigenvalue weighted by Gasteiger charge is -2.32. The first-order chi connectivity index (χ1) is 10.5. The van der Waals surface area contributed by atoms with Crippen LogP contribution in [-0.2, 0) is 19.0 Å². The van der Waals surface area contributed by atoms with E-state index in [9.17, 15) is 8.42 Å². The lowest BCUT2D eigenvalue weighted by Crippen LogP contribution is -2.29. The van der Waals surface area contributed by atoms with Gasteiger partial charge in [-0.25, -0.2) is 0 Å². The summed E-state index contributed by atoms with van der Waals surface area (Å²) in [6.07, 6.45) is 5.42. The van der Waals surface area contributed by atoms with E-state index in [1.54, 1.807) is 24.3 Å². The van der Waals surface area contributed by atoms with Crippen molar-refractivity contribution in [3.8, 4) is 0 Å². The van der Waals surface area contributed by atoms with Crippen LogP contribution in [0.1, 0.15) is 44.6 Å². The van der Waals surface area contributed by atoms with Crippen molar-refractivity contribution >= 4 is 10.1 Å². The summed E-state index contributed by atoms with van der Waals surface area (Å²) in [6.45, 7) is 5.16. The Morgan fingerprint density at radius 3 is 2.32 bits per heavy atom. The smallest absolute Gasteiger partial charge is 0.296 e. The fourth-order valence-corrected chi connectivity index (χ4v) is 3.48. The normalized spacial score (nSPS) is 21.5. The highest BCUT2D eigenvalue weighted by Gasteiger charge is 2.25. The van der Waals surface area contributed by atoms with Gasteiger partial charge in [0.05, 0.1) is 17.6 Å². The maximum Gasteiger partial charge on any atom is 0.296 e. The van der Waals surface area contributed by atoms with Crippen molar-refractivity contribution < 1.29 is 17.3 Å². The zero-order valence-electron chi connectivity index (χ0n) is 13.5. The fraction of sp³-hybridized carbons (Fsp3) is 0.647. The molecule has 0 aromatic heterocycles. The van der Waals surface area contributed by atoms with Gasteiger partial charge < -0.3 is 4.74 Å². The van der Waals surface area contributed by atoms with Gasteiger partial charge in [-0.05, 0) is 57.1 Å². The minimum atomic E-state index is -3.62. The first-order valence-corrected chi connectivity index (χ1v) is 9.46. The van der Waals surface area contributed by atoms with Crippen molar-refractivity contribution in [3.05, 3.63) is 29.8 Å². The van der Waals surface area contributed by atoms with Gasteiger partial charge in [-0.3, -0.25) is 4.18 Å². The molecule has 1 aliphatic rings. The van der Waals surface area contributed by atoms with Crippen molar-refractivity contribution in [2.45, 2.75) is 57.0 Å². The molecule has 5 heteroatoms. The van der Waals surface area contributed by atoms with Crippen LogP contribution in [0.3, 0.4) is 0 Å². The molecule has 22 heavy (non-hydrogen) atoms. The van der Waals surface area contributed by atoms with Crippen molar-refractivity contribution in [1.82, 2.24) is 0 Å². The van der Waals surface area contributed by atoms with Gasteiger partial charge in [0, 0.05) is 6.61 Å². The van der Waals surface area contributed by atoms with E-state index in [0.717, 1.165) is 37.4 Å². The summed E-state index contributed by atoms with van der Waals surface area (Å²) in [7, 11) is -3.62. The Labute approximate surface area is 134 Å². The maximum absolute atomic E-state index is 12.0. The van der Waals surface area contributed by atoms with Gasteiger partial charge in [-0.1, -0.05) is 24.6 Å². The SMILES string of the molecule is Cc1ccc(S(=O)(=O)OCCCCCO[C@H]2C[C@H](C)C2)cc1. The third-order valence-corrected chi connectivity index (χ3v) is 5.35. The Hall–Kier alpha value is -0.910. The minimum Gasteiger partial charge on any atom is -0.378 e. The van der Waals surface area contributed by atoms with Crippen LogP contribution in [0, 0.1) is 12.8 Å². The van der Waals surface area contributed by atoms with Crippen molar-refractivity contribution in [2.75, 3.05) is 13.2 Å². The second-order valence-corrected chi connectivity index (χ2v) is 7.83. The molecule has 0 unspecified atom stereocenters. The molecule has 1 aliphatic carbocycles. The third kappa shape index (κ3) is 5.38. The predicted molar refractivity (Wildman–Crippen MR) is 86.3 cm³/mol. The largest absolute Gasteiger partial charge is 0.378 e. The van der Waals surface area contributed by atoms with E-state index in [1.807, 2.05) is 6.92 Å². The van der Waals surface area contributed by atoms with Crippen LogP contribution >= 0.6 is 0 Å². The van der Waals surface area contributed by atoms with E-state index in [4.69, 9.17) is 8.92 Å². The summed E-state index contributed by atoms with van der Waals surface area (Å²) >= 11 is 0. The average Bonchev–Trinajstić information content (AvgIpc) is 2.44. The van der Waals surface area contributed by atoms with E-state index in [1.165, 1.54) is 12.8 Å². The van der Waals surface area contributed by atoms with Crippen LogP contribution in [0.2, 0.25) is 0 Å². The molecule has 4 nitrogen and oxygen atoms in total. The summed E-state index contributed by atoms with van der Waals surface area (Å²) < 4.78 is 34.7. The molecule has 0 saturated heterocycles. The molecule has 0 amide bonds. The number of ether oxygens (including phenoxy) is 1. The highest BCUT2D eigenvalue weighted by molar-refractivity contribution is 7.86. The van der Waals surface area contributed by atoms with E-state index in [0.29, 0.717) is 6.10 Å². The van der Waals surface area contributed by atoms with E-state index in [2.05, 4.69) is 6.92 Å². The molecule has 1 fully saturated rings. The summed E-state index contributed by atoms with van der Waals surface area (Å²) in [5.74, 6) is 0.811. The zero-order valence-corrected chi connectivity index (χ0v) is 14.3. The van der Waals surface area contributed by atoms with Crippen LogP contribution < -0.4 is 0 Å². The van der Waals surface area contributed by atoms with Crippen LogP contribution in [-0.4, -0.2) is 27.7 Å². The predicted octanol–water partition coefficient (Wildman–Crippen LogP) is 3.69. The molecule has 1 aromatic carbocycles. The summed E-state index contributed by atoms with van der Waals surface area (Å²) in [5.41, 5.74) is 1.03. The molecule has 2 rings (SSSR count).